The molecule has 3 nitrogen and oxygen atoms in total. The van der Waals surface area contributed by atoms with Gasteiger partial charge < -0.3 is 10.2 Å². The summed E-state index contributed by atoms with van der Waals surface area (Å²) in [6, 6.07) is 0.761. The second-order valence-electron chi connectivity index (χ2n) is 5.95. The van der Waals surface area contributed by atoms with Crippen molar-refractivity contribution in [1.29, 1.82) is 0 Å². The number of nitrogens with one attached hydrogen (secondary N) is 1. The van der Waals surface area contributed by atoms with Crippen LogP contribution in [0.4, 0.5) is 0 Å². The van der Waals surface area contributed by atoms with Crippen molar-refractivity contribution in [2.24, 2.45) is 5.92 Å². The summed E-state index contributed by atoms with van der Waals surface area (Å²) >= 11 is 0. The van der Waals surface area contributed by atoms with E-state index in [1.165, 1.54) is 65.1 Å². The molecule has 0 aromatic rings. The van der Waals surface area contributed by atoms with E-state index in [1.807, 2.05) is 0 Å². The van der Waals surface area contributed by atoms with E-state index in [-0.39, 0.29) is 0 Å². The Morgan fingerprint density at radius 1 is 1.12 bits per heavy atom. The van der Waals surface area contributed by atoms with Crippen molar-refractivity contribution in [2.75, 3.05) is 45.8 Å². The Morgan fingerprint density at radius 2 is 1.76 bits per heavy atom. The summed E-state index contributed by atoms with van der Waals surface area (Å²) in [6.45, 7) is 13.6. The molecule has 2 rings (SSSR count). The number of piperidine rings is 1. The van der Waals surface area contributed by atoms with Crippen molar-refractivity contribution in [3.8, 4) is 0 Å². The molecule has 0 bridgehead atoms. The SMILES string of the molecule is CC1CCN(CCC(C)N2CCNCC2)CC1. The first-order valence-electron chi connectivity index (χ1n) is 7.43. The lowest BCUT2D eigenvalue weighted by Gasteiger charge is -2.35. The van der Waals surface area contributed by atoms with Crippen molar-refractivity contribution >= 4 is 0 Å². The van der Waals surface area contributed by atoms with E-state index in [0.29, 0.717) is 0 Å². The van der Waals surface area contributed by atoms with Crippen LogP contribution in [0.5, 0.6) is 0 Å². The topological polar surface area (TPSA) is 18.5 Å². The molecule has 0 spiro atoms. The first-order valence-corrected chi connectivity index (χ1v) is 7.43. The molecule has 3 heteroatoms. The third kappa shape index (κ3) is 4.23. The summed E-state index contributed by atoms with van der Waals surface area (Å²) < 4.78 is 0. The average molecular weight is 239 g/mol. The first kappa shape index (κ1) is 13.3. The molecule has 0 aromatic heterocycles. The van der Waals surface area contributed by atoms with Crippen molar-refractivity contribution in [2.45, 2.75) is 39.2 Å². The maximum Gasteiger partial charge on any atom is 0.0110 e. The molecule has 2 fully saturated rings. The third-order valence-corrected chi connectivity index (χ3v) is 4.51. The van der Waals surface area contributed by atoms with Crippen LogP contribution in [-0.2, 0) is 0 Å². The maximum absolute atomic E-state index is 3.43. The fraction of sp³-hybridized carbons (Fsp3) is 1.00. The highest BCUT2D eigenvalue weighted by Gasteiger charge is 2.19. The Balaban J connectivity index is 1.63. The molecule has 2 heterocycles. The Bertz CT molecular complexity index is 206. The lowest BCUT2D eigenvalue weighted by molar-refractivity contribution is 0.140. The van der Waals surface area contributed by atoms with Crippen molar-refractivity contribution in [3.63, 3.8) is 0 Å². The second kappa shape index (κ2) is 6.72. The summed E-state index contributed by atoms with van der Waals surface area (Å²) in [5.74, 6) is 0.955. The Morgan fingerprint density at radius 3 is 2.41 bits per heavy atom. The number of piperazine rings is 1. The minimum absolute atomic E-state index is 0.761. The van der Waals surface area contributed by atoms with Gasteiger partial charge in [-0.05, 0) is 51.7 Å². The maximum atomic E-state index is 3.43. The van der Waals surface area contributed by atoms with Gasteiger partial charge in [0.05, 0.1) is 0 Å². The standard InChI is InChI=1S/C14H29N3/c1-13-3-8-16(9-4-13)10-5-14(2)17-11-6-15-7-12-17/h13-15H,3-12H2,1-2H3. The van der Waals surface area contributed by atoms with Gasteiger partial charge in [-0.25, -0.2) is 0 Å². The summed E-state index contributed by atoms with van der Waals surface area (Å²) in [5, 5.41) is 3.43. The van der Waals surface area contributed by atoms with Crippen LogP contribution < -0.4 is 5.32 Å². The predicted molar refractivity (Wildman–Crippen MR) is 73.4 cm³/mol. The highest BCUT2D eigenvalue weighted by molar-refractivity contribution is 4.76. The lowest BCUT2D eigenvalue weighted by atomic mass is 9.99. The molecule has 0 radical (unpaired) electrons. The molecule has 0 aliphatic carbocycles. The fourth-order valence-electron chi connectivity index (χ4n) is 2.96. The quantitative estimate of drug-likeness (QED) is 0.800. The number of rotatable bonds is 4. The first-order chi connectivity index (χ1) is 8.25. The lowest BCUT2D eigenvalue weighted by Crippen LogP contribution is -2.48. The van der Waals surface area contributed by atoms with Crippen LogP contribution in [0.2, 0.25) is 0 Å². The second-order valence-corrected chi connectivity index (χ2v) is 5.95. The summed E-state index contributed by atoms with van der Waals surface area (Å²) in [5.41, 5.74) is 0. The molecule has 1 N–H and O–H groups in total. The van der Waals surface area contributed by atoms with Crippen molar-refractivity contribution in [1.82, 2.24) is 15.1 Å². The average Bonchev–Trinajstić information content (AvgIpc) is 2.39. The van der Waals surface area contributed by atoms with Gasteiger partial charge in [0.15, 0.2) is 0 Å². The third-order valence-electron chi connectivity index (χ3n) is 4.51. The van der Waals surface area contributed by atoms with Crippen LogP contribution in [0.25, 0.3) is 0 Å². The largest absolute Gasteiger partial charge is 0.314 e. The predicted octanol–water partition coefficient (Wildman–Crippen LogP) is 1.40. The van der Waals surface area contributed by atoms with Crippen molar-refractivity contribution < 1.29 is 0 Å². The molecule has 1 unspecified atom stereocenters. The number of likely N-dealkylation sites (tertiary alicyclic amines) is 1. The van der Waals surface area contributed by atoms with E-state index in [0.717, 1.165) is 12.0 Å². The molecule has 0 saturated carbocycles. The van der Waals surface area contributed by atoms with Gasteiger partial charge in [-0.15, -0.1) is 0 Å². The van der Waals surface area contributed by atoms with Gasteiger partial charge in [0.1, 0.15) is 0 Å². The Kier molecular flexibility index (Phi) is 5.26. The smallest absolute Gasteiger partial charge is 0.0110 e. The minimum atomic E-state index is 0.761. The van der Waals surface area contributed by atoms with Gasteiger partial charge in [0.25, 0.3) is 0 Å². The number of hydrogen-bond donors (Lipinski definition) is 1. The minimum Gasteiger partial charge on any atom is -0.314 e. The van der Waals surface area contributed by atoms with Crippen LogP contribution in [-0.4, -0.2) is 61.7 Å². The molecule has 100 valence electrons. The fourth-order valence-corrected chi connectivity index (χ4v) is 2.96. The molecule has 2 saturated heterocycles. The van der Waals surface area contributed by atoms with Crippen LogP contribution in [0.1, 0.15) is 33.1 Å². The molecule has 2 aliphatic heterocycles. The van der Waals surface area contributed by atoms with Crippen LogP contribution in [0.3, 0.4) is 0 Å². The highest BCUT2D eigenvalue weighted by Crippen LogP contribution is 2.16. The van der Waals surface area contributed by atoms with Gasteiger partial charge >= 0.3 is 0 Å². The van der Waals surface area contributed by atoms with Gasteiger partial charge in [-0.3, -0.25) is 4.90 Å². The van der Waals surface area contributed by atoms with E-state index >= 15 is 0 Å². The number of nitrogens with zero attached hydrogens (tertiary/aromatic N) is 2. The zero-order valence-electron chi connectivity index (χ0n) is 11.6. The van der Waals surface area contributed by atoms with Gasteiger partial charge in [0, 0.05) is 32.2 Å². The normalized spacial score (nSPS) is 27.2. The van der Waals surface area contributed by atoms with E-state index in [1.54, 1.807) is 0 Å². The molecular weight excluding hydrogens is 210 g/mol. The zero-order valence-corrected chi connectivity index (χ0v) is 11.6. The van der Waals surface area contributed by atoms with Crippen LogP contribution >= 0.6 is 0 Å². The Hall–Kier alpha value is -0.120. The van der Waals surface area contributed by atoms with Gasteiger partial charge in [0.2, 0.25) is 0 Å². The van der Waals surface area contributed by atoms with Crippen molar-refractivity contribution in [3.05, 3.63) is 0 Å². The summed E-state index contributed by atoms with van der Waals surface area (Å²) in [7, 11) is 0. The monoisotopic (exact) mass is 239 g/mol. The van der Waals surface area contributed by atoms with Gasteiger partial charge in [-0.2, -0.15) is 0 Å². The van der Waals surface area contributed by atoms with Crippen LogP contribution in [0.15, 0.2) is 0 Å². The van der Waals surface area contributed by atoms with E-state index in [9.17, 15) is 0 Å². The molecular formula is C14H29N3. The Labute approximate surface area is 107 Å². The van der Waals surface area contributed by atoms with E-state index in [2.05, 4.69) is 29.0 Å². The molecule has 0 amide bonds. The van der Waals surface area contributed by atoms with E-state index in [4.69, 9.17) is 0 Å². The summed E-state index contributed by atoms with van der Waals surface area (Å²) in [6.07, 6.45) is 4.15. The highest BCUT2D eigenvalue weighted by atomic mass is 15.2. The van der Waals surface area contributed by atoms with Gasteiger partial charge in [-0.1, -0.05) is 6.92 Å². The molecule has 0 aromatic carbocycles. The molecule has 2 aliphatic rings. The summed E-state index contributed by atoms with van der Waals surface area (Å²) in [4.78, 5) is 5.31. The number of hydrogen-bond acceptors (Lipinski definition) is 3. The molecule has 17 heavy (non-hydrogen) atoms. The zero-order chi connectivity index (χ0) is 12.1. The van der Waals surface area contributed by atoms with E-state index < -0.39 is 0 Å². The molecule has 1 atom stereocenters. The van der Waals surface area contributed by atoms with Crippen LogP contribution in [0, 0.1) is 5.92 Å².